The summed E-state index contributed by atoms with van der Waals surface area (Å²) < 4.78 is 0. The maximum atomic E-state index is 9.59. The topological polar surface area (TPSA) is 64.5 Å². The summed E-state index contributed by atoms with van der Waals surface area (Å²) in [7, 11) is 0. The highest BCUT2D eigenvalue weighted by molar-refractivity contribution is 5.89. The second-order valence-electron chi connectivity index (χ2n) is 7.32. The quantitative estimate of drug-likeness (QED) is 0.595. The van der Waals surface area contributed by atoms with Crippen molar-refractivity contribution in [1.29, 1.82) is 5.26 Å². The Labute approximate surface area is 159 Å². The maximum Gasteiger partial charge on any atom is 0.103 e. The van der Waals surface area contributed by atoms with Gasteiger partial charge in [0.15, 0.2) is 0 Å². The van der Waals surface area contributed by atoms with Crippen LogP contribution in [-0.2, 0) is 0 Å². The fourth-order valence-electron chi connectivity index (χ4n) is 3.95. The van der Waals surface area contributed by atoms with Crippen molar-refractivity contribution in [2.75, 3.05) is 5.32 Å². The molecule has 2 heterocycles. The van der Waals surface area contributed by atoms with Crippen LogP contribution in [0.25, 0.3) is 17.0 Å². The smallest absolute Gasteiger partial charge is 0.103 e. The number of nitrogens with one attached hydrogen (secondary N) is 2. The molecule has 2 aromatic heterocycles. The molecule has 27 heavy (non-hydrogen) atoms. The van der Waals surface area contributed by atoms with E-state index in [1.165, 1.54) is 37.5 Å². The molecule has 0 saturated heterocycles. The zero-order chi connectivity index (χ0) is 18.6. The van der Waals surface area contributed by atoms with Gasteiger partial charge in [-0.1, -0.05) is 31.4 Å². The minimum absolute atomic E-state index is 0.564. The highest BCUT2D eigenvalue weighted by Crippen LogP contribution is 2.32. The summed E-state index contributed by atoms with van der Waals surface area (Å²) >= 11 is 0. The molecule has 4 rings (SSSR count). The monoisotopic (exact) mass is 356 g/mol. The number of hydrogen-bond acceptors (Lipinski definition) is 3. The van der Waals surface area contributed by atoms with Crippen molar-refractivity contribution in [3.05, 3.63) is 59.6 Å². The van der Waals surface area contributed by atoms with Gasteiger partial charge in [0.2, 0.25) is 0 Å². The Kier molecular flexibility index (Phi) is 4.93. The number of nitriles is 1. The second-order valence-corrected chi connectivity index (χ2v) is 7.32. The van der Waals surface area contributed by atoms with E-state index in [1.54, 1.807) is 6.20 Å². The van der Waals surface area contributed by atoms with E-state index in [4.69, 9.17) is 0 Å². The first-order valence-electron chi connectivity index (χ1n) is 9.66. The first-order chi connectivity index (χ1) is 13.3. The third kappa shape index (κ3) is 3.59. The molecule has 1 aliphatic rings. The van der Waals surface area contributed by atoms with Crippen LogP contribution in [0.1, 0.15) is 48.8 Å². The lowest BCUT2D eigenvalue weighted by molar-refractivity contribution is 0.420. The Morgan fingerprint density at radius 3 is 2.85 bits per heavy atom. The molecule has 0 radical (unpaired) electrons. The Hall–Kier alpha value is -3.06. The number of allylic oxidation sites excluding steroid dienone is 1. The van der Waals surface area contributed by atoms with Gasteiger partial charge in [0.25, 0.3) is 0 Å². The van der Waals surface area contributed by atoms with Crippen LogP contribution in [0.2, 0.25) is 0 Å². The van der Waals surface area contributed by atoms with Crippen molar-refractivity contribution in [2.24, 2.45) is 5.92 Å². The lowest BCUT2D eigenvalue weighted by Gasteiger charge is -2.18. The van der Waals surface area contributed by atoms with Gasteiger partial charge in [0, 0.05) is 40.7 Å². The second kappa shape index (κ2) is 7.67. The zero-order valence-electron chi connectivity index (χ0n) is 15.6. The number of aryl methyl sites for hydroxylation is 1. The predicted molar refractivity (Wildman–Crippen MR) is 111 cm³/mol. The summed E-state index contributed by atoms with van der Waals surface area (Å²) in [5.74, 6) is 0.635. The zero-order valence-corrected chi connectivity index (χ0v) is 15.6. The summed E-state index contributed by atoms with van der Waals surface area (Å²) in [5.41, 5.74) is 5.65. The number of aromatic nitrogens is 2. The number of rotatable bonds is 4. The van der Waals surface area contributed by atoms with Gasteiger partial charge in [0.05, 0.1) is 11.3 Å². The molecule has 1 aromatic carbocycles. The molecular formula is C23H24N4. The molecule has 0 bridgehead atoms. The average molecular weight is 356 g/mol. The van der Waals surface area contributed by atoms with Crippen LogP contribution in [0.15, 0.2) is 42.9 Å². The van der Waals surface area contributed by atoms with Crippen LogP contribution in [0.4, 0.5) is 11.4 Å². The largest absolute Gasteiger partial charge is 0.361 e. The van der Waals surface area contributed by atoms with E-state index in [0.29, 0.717) is 11.5 Å². The molecule has 136 valence electrons. The van der Waals surface area contributed by atoms with Gasteiger partial charge in [-0.15, -0.1) is 0 Å². The van der Waals surface area contributed by atoms with Crippen LogP contribution < -0.4 is 5.32 Å². The number of anilines is 2. The van der Waals surface area contributed by atoms with E-state index in [9.17, 15) is 5.26 Å². The average Bonchev–Trinajstić information content (AvgIpc) is 3.19. The van der Waals surface area contributed by atoms with Gasteiger partial charge in [-0.3, -0.25) is 4.98 Å². The van der Waals surface area contributed by atoms with E-state index in [1.807, 2.05) is 12.4 Å². The molecule has 0 amide bonds. The summed E-state index contributed by atoms with van der Waals surface area (Å²) in [6.07, 6.45) is 16.3. The van der Waals surface area contributed by atoms with Gasteiger partial charge in [-0.05, 0) is 49.4 Å². The van der Waals surface area contributed by atoms with Crippen molar-refractivity contribution in [3.63, 3.8) is 0 Å². The molecule has 1 fully saturated rings. The Balaban J connectivity index is 1.69. The molecule has 1 saturated carbocycles. The summed E-state index contributed by atoms with van der Waals surface area (Å²) in [6.45, 7) is 2.10. The molecule has 4 heteroatoms. The standard InChI is InChI=1S/C23H24N4/c1-16-20-11-12-26-22(20)10-9-21(16)27-23-18(14-25-15-19(23)13-24)8-7-17-5-3-2-4-6-17/h7-12,14-15,17,26H,2-6H2,1H3,(H,25,27). The third-order valence-corrected chi connectivity index (χ3v) is 5.56. The van der Waals surface area contributed by atoms with E-state index >= 15 is 0 Å². The molecule has 0 unspecified atom stereocenters. The molecule has 0 atom stereocenters. The van der Waals surface area contributed by atoms with Gasteiger partial charge in [0.1, 0.15) is 6.07 Å². The van der Waals surface area contributed by atoms with Crippen molar-refractivity contribution in [1.82, 2.24) is 9.97 Å². The lowest BCUT2D eigenvalue weighted by atomic mass is 9.88. The molecule has 2 N–H and O–H groups in total. The van der Waals surface area contributed by atoms with Crippen LogP contribution in [-0.4, -0.2) is 9.97 Å². The van der Waals surface area contributed by atoms with Crippen LogP contribution >= 0.6 is 0 Å². The van der Waals surface area contributed by atoms with Gasteiger partial charge in [-0.2, -0.15) is 5.26 Å². The third-order valence-electron chi connectivity index (χ3n) is 5.56. The number of hydrogen-bond donors (Lipinski definition) is 2. The fourth-order valence-corrected chi connectivity index (χ4v) is 3.95. The Morgan fingerprint density at radius 1 is 1.19 bits per heavy atom. The first kappa shape index (κ1) is 17.4. The van der Waals surface area contributed by atoms with E-state index in [2.05, 4.69) is 58.6 Å². The van der Waals surface area contributed by atoms with E-state index in [-0.39, 0.29) is 0 Å². The van der Waals surface area contributed by atoms with Gasteiger partial charge in [-0.25, -0.2) is 0 Å². The lowest BCUT2D eigenvalue weighted by Crippen LogP contribution is -2.03. The number of benzene rings is 1. The number of fused-ring (bicyclic) bond motifs is 1. The number of nitrogens with zero attached hydrogens (tertiary/aromatic N) is 2. The molecule has 1 aliphatic carbocycles. The maximum absolute atomic E-state index is 9.59. The summed E-state index contributed by atoms with van der Waals surface area (Å²) in [4.78, 5) is 7.51. The minimum Gasteiger partial charge on any atom is -0.361 e. The fraction of sp³-hybridized carbons (Fsp3) is 0.304. The van der Waals surface area contributed by atoms with Crippen LogP contribution in [0.5, 0.6) is 0 Å². The molecular weight excluding hydrogens is 332 g/mol. The van der Waals surface area contributed by atoms with Crippen molar-refractivity contribution < 1.29 is 0 Å². The number of pyridine rings is 1. The van der Waals surface area contributed by atoms with Crippen LogP contribution in [0.3, 0.4) is 0 Å². The van der Waals surface area contributed by atoms with Crippen molar-refractivity contribution in [2.45, 2.75) is 39.0 Å². The molecule has 0 spiro atoms. The summed E-state index contributed by atoms with van der Waals surface area (Å²) in [5, 5.41) is 14.3. The predicted octanol–water partition coefficient (Wildman–Crippen LogP) is 6.08. The molecule has 3 aromatic rings. The Morgan fingerprint density at radius 2 is 2.04 bits per heavy atom. The van der Waals surface area contributed by atoms with Gasteiger partial charge < -0.3 is 10.3 Å². The summed E-state index contributed by atoms with van der Waals surface area (Å²) in [6, 6.07) is 8.49. The Bertz CT molecular complexity index is 1020. The SMILES string of the molecule is Cc1c(Nc2c(C#N)cncc2C=CC2CCCCC2)ccc2[nH]ccc12. The van der Waals surface area contributed by atoms with Gasteiger partial charge >= 0.3 is 0 Å². The number of aromatic amines is 1. The first-order valence-corrected chi connectivity index (χ1v) is 9.66. The van der Waals surface area contributed by atoms with E-state index < -0.39 is 0 Å². The normalized spacial score (nSPS) is 15.3. The molecule has 4 nitrogen and oxygen atoms in total. The highest BCUT2D eigenvalue weighted by atomic mass is 14.9. The van der Waals surface area contributed by atoms with Crippen LogP contribution in [0, 0.1) is 24.2 Å². The highest BCUT2D eigenvalue weighted by Gasteiger charge is 2.13. The van der Waals surface area contributed by atoms with Crippen molar-refractivity contribution in [3.8, 4) is 6.07 Å². The van der Waals surface area contributed by atoms with Crippen molar-refractivity contribution >= 4 is 28.4 Å². The number of H-pyrrole nitrogens is 1. The molecule has 0 aliphatic heterocycles. The minimum atomic E-state index is 0.564. The van der Waals surface area contributed by atoms with E-state index in [0.717, 1.165) is 28.0 Å².